The third kappa shape index (κ3) is 14.4. The summed E-state index contributed by atoms with van der Waals surface area (Å²) in [7, 11) is 0. The molecule has 1 N–H and O–H groups in total. The van der Waals surface area contributed by atoms with E-state index in [4.69, 9.17) is 9.47 Å². The van der Waals surface area contributed by atoms with Crippen LogP contribution >= 0.6 is 11.8 Å². The molecule has 0 aliphatic rings. The number of rotatable bonds is 11. The third-order valence-electron chi connectivity index (χ3n) is 2.81. The highest BCUT2D eigenvalue weighted by atomic mass is 32.2. The normalized spacial score (nSPS) is 12.5. The maximum absolute atomic E-state index is 11.4. The molecule has 0 unspecified atom stereocenters. The molecule has 0 atom stereocenters. The summed E-state index contributed by atoms with van der Waals surface area (Å²) in [6.45, 7) is 14.4. The number of nitrogens with one attached hydrogen (secondary N) is 1. The minimum atomic E-state index is -0.187. The first-order valence-electron chi connectivity index (χ1n) is 7.78. The molecule has 0 spiro atoms. The average molecular weight is 320 g/mol. The van der Waals surface area contributed by atoms with Crippen LogP contribution in [0.25, 0.3) is 0 Å². The van der Waals surface area contributed by atoms with Crippen molar-refractivity contribution in [2.45, 2.75) is 65.6 Å². The second kappa shape index (κ2) is 10.5. The zero-order valence-corrected chi connectivity index (χ0v) is 15.4. The molecule has 0 aliphatic heterocycles. The van der Waals surface area contributed by atoms with Crippen molar-refractivity contribution in [1.82, 2.24) is 5.32 Å². The quantitative estimate of drug-likeness (QED) is 0.594. The van der Waals surface area contributed by atoms with Gasteiger partial charge in [-0.1, -0.05) is 6.92 Å². The van der Waals surface area contributed by atoms with Crippen LogP contribution in [0.1, 0.15) is 54.4 Å². The van der Waals surface area contributed by atoms with E-state index in [2.05, 4.69) is 46.9 Å². The van der Waals surface area contributed by atoms with Crippen LogP contribution in [0, 0.1) is 0 Å². The summed E-state index contributed by atoms with van der Waals surface area (Å²) < 4.78 is 11.6. The lowest BCUT2D eigenvalue weighted by Crippen LogP contribution is -2.31. The van der Waals surface area contributed by atoms with Crippen LogP contribution in [0.3, 0.4) is 0 Å². The number of amides is 1. The Hall–Kier alpha value is -0.260. The van der Waals surface area contributed by atoms with E-state index in [0.29, 0.717) is 25.5 Å². The zero-order valence-electron chi connectivity index (χ0n) is 14.6. The van der Waals surface area contributed by atoms with Gasteiger partial charge in [-0.25, -0.2) is 0 Å². The Morgan fingerprint density at radius 3 is 2.33 bits per heavy atom. The topological polar surface area (TPSA) is 47.6 Å². The molecule has 0 fully saturated rings. The first-order chi connectivity index (χ1) is 9.66. The first kappa shape index (κ1) is 20.7. The Kier molecular flexibility index (Phi) is 10.3. The van der Waals surface area contributed by atoms with E-state index >= 15 is 0 Å². The third-order valence-corrected chi connectivity index (χ3v) is 3.69. The lowest BCUT2D eigenvalue weighted by Gasteiger charge is -2.28. The van der Waals surface area contributed by atoms with Crippen molar-refractivity contribution in [1.29, 1.82) is 0 Å². The van der Waals surface area contributed by atoms with Gasteiger partial charge in [0.1, 0.15) is 0 Å². The second-order valence-electron chi connectivity index (χ2n) is 6.66. The molecule has 4 nitrogen and oxygen atoms in total. The van der Waals surface area contributed by atoms with Gasteiger partial charge in [0.05, 0.1) is 17.0 Å². The Morgan fingerprint density at radius 1 is 1.10 bits per heavy atom. The lowest BCUT2D eigenvalue weighted by atomic mass is 10.1. The summed E-state index contributed by atoms with van der Waals surface area (Å²) in [6.07, 6.45) is 1.70. The predicted molar refractivity (Wildman–Crippen MR) is 91.0 cm³/mol. The maximum atomic E-state index is 11.4. The molecule has 0 saturated carbocycles. The summed E-state index contributed by atoms with van der Waals surface area (Å²) in [6, 6.07) is 0. The zero-order chi connectivity index (χ0) is 16.4. The molecule has 1 amide bonds. The molecule has 0 radical (unpaired) electrons. The van der Waals surface area contributed by atoms with Crippen molar-refractivity contribution in [2.75, 3.05) is 31.3 Å². The Bertz CT molecular complexity index is 288. The fraction of sp³-hybridized carbons (Fsp3) is 0.938. The predicted octanol–water partition coefficient (Wildman–Crippen LogP) is 3.25. The molecule has 0 bridgehead atoms. The summed E-state index contributed by atoms with van der Waals surface area (Å²) in [5.74, 6) is 1.63. The minimum Gasteiger partial charge on any atom is -0.376 e. The molecule has 0 aliphatic carbocycles. The molecular formula is C16H33NO3S. The van der Waals surface area contributed by atoms with Crippen molar-refractivity contribution in [3.63, 3.8) is 0 Å². The highest BCUT2D eigenvalue weighted by molar-refractivity contribution is 7.99. The van der Waals surface area contributed by atoms with Crippen LogP contribution in [0.15, 0.2) is 0 Å². The lowest BCUT2D eigenvalue weighted by molar-refractivity contribution is -0.118. The summed E-state index contributed by atoms with van der Waals surface area (Å²) in [4.78, 5) is 11.4. The van der Waals surface area contributed by atoms with Crippen LogP contribution in [-0.2, 0) is 14.3 Å². The van der Waals surface area contributed by atoms with Crippen molar-refractivity contribution in [3.05, 3.63) is 0 Å². The van der Waals surface area contributed by atoms with Gasteiger partial charge in [-0.05, 0) is 53.2 Å². The smallest absolute Gasteiger partial charge is 0.229 e. The van der Waals surface area contributed by atoms with Crippen molar-refractivity contribution >= 4 is 17.7 Å². The monoisotopic (exact) mass is 319 g/mol. The van der Waals surface area contributed by atoms with E-state index in [9.17, 15) is 4.79 Å². The van der Waals surface area contributed by atoms with Gasteiger partial charge in [0.25, 0.3) is 0 Å². The number of carbonyl (C=O) groups is 1. The minimum absolute atomic E-state index is 0.100. The number of hydrogen-bond acceptors (Lipinski definition) is 4. The molecular weight excluding hydrogens is 286 g/mol. The SMILES string of the molecule is CCSCC(=O)NCCCOC(C)(C)CCOC(C)(C)C. The van der Waals surface area contributed by atoms with E-state index in [-0.39, 0.29) is 17.1 Å². The Morgan fingerprint density at radius 2 is 1.76 bits per heavy atom. The molecule has 0 saturated heterocycles. The summed E-state index contributed by atoms with van der Waals surface area (Å²) in [5, 5.41) is 2.90. The second-order valence-corrected chi connectivity index (χ2v) is 7.93. The highest BCUT2D eigenvalue weighted by Crippen LogP contribution is 2.17. The maximum Gasteiger partial charge on any atom is 0.229 e. The van der Waals surface area contributed by atoms with E-state index < -0.39 is 0 Å². The molecule has 0 heterocycles. The molecule has 126 valence electrons. The fourth-order valence-electron chi connectivity index (χ4n) is 1.57. The summed E-state index contributed by atoms with van der Waals surface area (Å²) in [5.41, 5.74) is -0.288. The van der Waals surface area contributed by atoms with E-state index in [1.165, 1.54) is 0 Å². The number of hydrogen-bond donors (Lipinski definition) is 1. The van der Waals surface area contributed by atoms with Gasteiger partial charge in [-0.3, -0.25) is 4.79 Å². The largest absolute Gasteiger partial charge is 0.376 e. The van der Waals surface area contributed by atoms with Gasteiger partial charge in [0, 0.05) is 19.8 Å². The van der Waals surface area contributed by atoms with Crippen molar-refractivity contribution in [3.8, 4) is 0 Å². The average Bonchev–Trinajstić information content (AvgIpc) is 2.33. The Balaban J connectivity index is 3.63. The number of carbonyl (C=O) groups excluding carboxylic acids is 1. The van der Waals surface area contributed by atoms with Gasteiger partial charge in [-0.15, -0.1) is 0 Å². The van der Waals surface area contributed by atoms with Crippen LogP contribution in [-0.4, -0.2) is 48.4 Å². The number of thioether (sulfide) groups is 1. The van der Waals surface area contributed by atoms with E-state index in [0.717, 1.165) is 18.6 Å². The van der Waals surface area contributed by atoms with Gasteiger partial charge >= 0.3 is 0 Å². The molecule has 5 heteroatoms. The van der Waals surface area contributed by atoms with Crippen molar-refractivity contribution < 1.29 is 14.3 Å². The molecule has 0 rings (SSSR count). The summed E-state index contributed by atoms with van der Waals surface area (Å²) >= 11 is 1.64. The van der Waals surface area contributed by atoms with E-state index in [1.807, 2.05) is 0 Å². The number of ether oxygens (including phenoxy) is 2. The van der Waals surface area contributed by atoms with Crippen LogP contribution in [0.2, 0.25) is 0 Å². The van der Waals surface area contributed by atoms with Crippen LogP contribution in [0.5, 0.6) is 0 Å². The van der Waals surface area contributed by atoms with Gasteiger partial charge in [-0.2, -0.15) is 11.8 Å². The van der Waals surface area contributed by atoms with Gasteiger partial charge < -0.3 is 14.8 Å². The van der Waals surface area contributed by atoms with E-state index in [1.54, 1.807) is 11.8 Å². The van der Waals surface area contributed by atoms with Crippen molar-refractivity contribution in [2.24, 2.45) is 0 Å². The highest BCUT2D eigenvalue weighted by Gasteiger charge is 2.19. The Labute approximate surface area is 134 Å². The molecule has 0 aromatic carbocycles. The fourth-order valence-corrected chi connectivity index (χ4v) is 2.06. The van der Waals surface area contributed by atoms with Gasteiger partial charge in [0.15, 0.2) is 0 Å². The first-order valence-corrected chi connectivity index (χ1v) is 8.94. The molecule has 21 heavy (non-hydrogen) atoms. The van der Waals surface area contributed by atoms with Crippen LogP contribution < -0.4 is 5.32 Å². The molecule has 0 aromatic heterocycles. The molecule has 0 aromatic rings. The standard InChI is InChI=1S/C16H33NO3S/c1-7-21-13-14(18)17-10-8-11-20-16(5,6)9-12-19-15(2,3)4/h7-13H2,1-6H3,(H,17,18). The van der Waals surface area contributed by atoms with Crippen LogP contribution in [0.4, 0.5) is 0 Å². The van der Waals surface area contributed by atoms with Gasteiger partial charge in [0.2, 0.25) is 5.91 Å².